The highest BCUT2D eigenvalue weighted by Gasteiger charge is 2.25. The molecule has 1 saturated heterocycles. The second-order valence-electron chi connectivity index (χ2n) is 8.94. The van der Waals surface area contributed by atoms with Gasteiger partial charge in [-0.15, -0.1) is 0 Å². The first-order valence-electron chi connectivity index (χ1n) is 11.9. The predicted molar refractivity (Wildman–Crippen MR) is 139 cm³/mol. The van der Waals surface area contributed by atoms with E-state index in [1.807, 2.05) is 0 Å². The number of likely N-dealkylation sites (N-methyl/N-ethyl adjacent to an activating group) is 1. The second kappa shape index (κ2) is 10.9. The molecule has 0 bridgehead atoms. The van der Waals surface area contributed by atoms with Gasteiger partial charge in [0.2, 0.25) is 0 Å². The summed E-state index contributed by atoms with van der Waals surface area (Å²) in [5.74, 6) is 0. The average molecular weight is 525 g/mol. The summed E-state index contributed by atoms with van der Waals surface area (Å²) in [6.45, 7) is 4.95. The Labute approximate surface area is 215 Å². The molecule has 1 fully saturated rings. The van der Waals surface area contributed by atoms with E-state index in [-0.39, 0.29) is 10.6 Å². The Kier molecular flexibility index (Phi) is 7.70. The van der Waals surface area contributed by atoms with Gasteiger partial charge in [0, 0.05) is 44.0 Å². The lowest BCUT2D eigenvalue weighted by Gasteiger charge is -2.29. The number of aromatic nitrogens is 2. The van der Waals surface area contributed by atoms with Crippen molar-refractivity contribution < 1.29 is 13.3 Å². The second-order valence-corrected chi connectivity index (χ2v) is 10.6. The Bertz CT molecular complexity index is 1490. The molecule has 1 aliphatic rings. The van der Waals surface area contributed by atoms with E-state index in [9.17, 15) is 23.8 Å². The number of anilines is 1. The fourth-order valence-corrected chi connectivity index (χ4v) is 5.44. The molecule has 13 heteroatoms. The SMILES string of the molecule is C/C(=N\NS(=O)(=O)c1cc([N+](=O)[O-])ccc1N(C)CCN1CCCCC1)c1cnn2ccc(C#N)cc12. The standard InChI is InChI=1S/C24H28N8O4S/c1-18(21-17-26-31-11-8-19(16-25)14-23(21)31)27-28-37(35,36)24-15-20(32(33)34)6-7-22(24)29(2)12-13-30-9-4-3-5-10-30/h6-8,11,14-15,17,28H,3-5,9-10,12-13H2,1-2H3/b27-18+. The van der Waals surface area contributed by atoms with Crippen LogP contribution in [0, 0.1) is 21.4 Å². The van der Waals surface area contributed by atoms with Crippen LogP contribution in [-0.4, -0.2) is 66.8 Å². The number of benzene rings is 1. The third-order valence-electron chi connectivity index (χ3n) is 6.43. The molecule has 0 unspecified atom stereocenters. The summed E-state index contributed by atoms with van der Waals surface area (Å²) < 4.78 is 28.2. The molecule has 3 heterocycles. The number of nitrogens with zero attached hydrogens (tertiary/aromatic N) is 7. The number of nitriles is 1. The summed E-state index contributed by atoms with van der Waals surface area (Å²) in [6, 6.07) is 9.11. The molecule has 3 aromatic rings. The number of nitro groups is 1. The largest absolute Gasteiger partial charge is 0.372 e. The molecule has 0 atom stereocenters. The van der Waals surface area contributed by atoms with E-state index < -0.39 is 14.9 Å². The van der Waals surface area contributed by atoms with Crippen LogP contribution < -0.4 is 9.73 Å². The number of hydrazone groups is 1. The zero-order valence-electron chi connectivity index (χ0n) is 20.7. The van der Waals surface area contributed by atoms with Gasteiger partial charge >= 0.3 is 0 Å². The van der Waals surface area contributed by atoms with Gasteiger partial charge in [0.15, 0.2) is 0 Å². The van der Waals surface area contributed by atoms with Crippen LogP contribution in [0.2, 0.25) is 0 Å². The Morgan fingerprint density at radius 2 is 2.03 bits per heavy atom. The van der Waals surface area contributed by atoms with Crippen molar-refractivity contribution >= 4 is 32.6 Å². The van der Waals surface area contributed by atoms with Crippen molar-refractivity contribution in [2.45, 2.75) is 31.1 Å². The quantitative estimate of drug-likeness (QED) is 0.255. The number of nitro benzene ring substituents is 1. The summed E-state index contributed by atoms with van der Waals surface area (Å²) in [6.07, 6.45) is 6.66. The third kappa shape index (κ3) is 5.87. The molecule has 1 aliphatic heterocycles. The van der Waals surface area contributed by atoms with E-state index in [4.69, 9.17) is 0 Å². The molecule has 37 heavy (non-hydrogen) atoms. The number of rotatable bonds is 9. The van der Waals surface area contributed by atoms with Crippen LogP contribution in [-0.2, 0) is 10.0 Å². The Morgan fingerprint density at radius 3 is 2.73 bits per heavy atom. The molecule has 12 nitrogen and oxygen atoms in total. The number of nitrogens with one attached hydrogen (secondary N) is 1. The first-order chi connectivity index (χ1) is 17.7. The van der Waals surface area contributed by atoms with Crippen molar-refractivity contribution in [1.82, 2.24) is 19.3 Å². The average Bonchev–Trinajstić information content (AvgIpc) is 3.34. The van der Waals surface area contributed by atoms with Gasteiger partial charge in [-0.3, -0.25) is 10.1 Å². The van der Waals surface area contributed by atoms with Crippen molar-refractivity contribution in [2.24, 2.45) is 5.10 Å². The molecule has 4 rings (SSSR count). The van der Waals surface area contributed by atoms with Gasteiger partial charge in [-0.2, -0.15) is 28.7 Å². The van der Waals surface area contributed by atoms with E-state index >= 15 is 0 Å². The van der Waals surface area contributed by atoms with Crippen LogP contribution >= 0.6 is 0 Å². The maximum atomic E-state index is 13.3. The fourth-order valence-electron chi connectivity index (χ4n) is 4.31. The minimum Gasteiger partial charge on any atom is -0.372 e. The summed E-state index contributed by atoms with van der Waals surface area (Å²) in [4.78, 5) is 16.9. The highest BCUT2D eigenvalue weighted by Crippen LogP contribution is 2.29. The van der Waals surface area contributed by atoms with Crippen LogP contribution in [0.5, 0.6) is 0 Å². The van der Waals surface area contributed by atoms with Gasteiger partial charge in [0.05, 0.1) is 39.7 Å². The number of pyridine rings is 1. The van der Waals surface area contributed by atoms with E-state index in [1.165, 1.54) is 24.8 Å². The number of piperidine rings is 1. The van der Waals surface area contributed by atoms with Crippen molar-refractivity contribution in [3.63, 3.8) is 0 Å². The van der Waals surface area contributed by atoms with Gasteiger partial charge in [-0.1, -0.05) is 6.42 Å². The van der Waals surface area contributed by atoms with E-state index in [0.717, 1.165) is 38.5 Å². The number of hydrogen-bond acceptors (Lipinski definition) is 9. The number of hydrogen-bond donors (Lipinski definition) is 1. The minimum absolute atomic E-state index is 0.231. The molecule has 1 N–H and O–H groups in total. The van der Waals surface area contributed by atoms with Crippen LogP contribution in [0.4, 0.5) is 11.4 Å². The first kappa shape index (κ1) is 26.1. The minimum atomic E-state index is -4.26. The molecule has 1 aromatic carbocycles. The van der Waals surface area contributed by atoms with Crippen LogP contribution in [0.15, 0.2) is 52.7 Å². The number of likely N-dealkylation sites (tertiary alicyclic amines) is 1. The molecule has 2 aromatic heterocycles. The zero-order valence-corrected chi connectivity index (χ0v) is 21.5. The predicted octanol–water partition coefficient (Wildman–Crippen LogP) is 2.74. The van der Waals surface area contributed by atoms with Gasteiger partial charge in [-0.25, -0.2) is 4.52 Å². The smallest absolute Gasteiger partial charge is 0.278 e. The van der Waals surface area contributed by atoms with Crippen molar-refractivity contribution in [2.75, 3.05) is 38.1 Å². The fraction of sp³-hybridized carbons (Fsp3) is 0.375. The summed E-state index contributed by atoms with van der Waals surface area (Å²) >= 11 is 0. The van der Waals surface area contributed by atoms with Crippen LogP contribution in [0.3, 0.4) is 0 Å². The van der Waals surface area contributed by atoms with Gasteiger partial charge < -0.3 is 9.80 Å². The van der Waals surface area contributed by atoms with E-state index in [2.05, 4.69) is 26.0 Å². The van der Waals surface area contributed by atoms with Crippen LogP contribution in [0.1, 0.15) is 37.3 Å². The third-order valence-corrected chi connectivity index (χ3v) is 7.67. The topological polar surface area (TPSA) is 149 Å². The van der Waals surface area contributed by atoms with Gasteiger partial charge in [0.1, 0.15) is 4.90 Å². The Balaban J connectivity index is 1.61. The molecule has 0 amide bonds. The molecule has 0 saturated carbocycles. The lowest BCUT2D eigenvalue weighted by Crippen LogP contribution is -2.37. The van der Waals surface area contributed by atoms with Crippen molar-refractivity contribution in [3.8, 4) is 6.07 Å². The molecule has 0 spiro atoms. The molecule has 0 aliphatic carbocycles. The lowest BCUT2D eigenvalue weighted by molar-refractivity contribution is -0.385. The Morgan fingerprint density at radius 1 is 1.27 bits per heavy atom. The zero-order chi connectivity index (χ0) is 26.6. The van der Waals surface area contributed by atoms with Crippen LogP contribution in [0.25, 0.3) is 5.52 Å². The van der Waals surface area contributed by atoms with Gasteiger partial charge in [-0.05, 0) is 51.1 Å². The normalized spacial score (nSPS) is 14.9. The summed E-state index contributed by atoms with van der Waals surface area (Å²) in [5.41, 5.74) is 1.89. The van der Waals surface area contributed by atoms with Crippen molar-refractivity contribution in [1.29, 1.82) is 5.26 Å². The number of sulfonamides is 1. The molecular weight excluding hydrogens is 496 g/mol. The molecule has 0 radical (unpaired) electrons. The maximum absolute atomic E-state index is 13.3. The highest BCUT2D eigenvalue weighted by molar-refractivity contribution is 7.89. The summed E-state index contributed by atoms with van der Waals surface area (Å²) in [5, 5.41) is 28.9. The molecule has 194 valence electrons. The Hall–Kier alpha value is -4.02. The molecular formula is C24H28N8O4S. The monoisotopic (exact) mass is 524 g/mol. The maximum Gasteiger partial charge on any atom is 0.278 e. The lowest BCUT2D eigenvalue weighted by atomic mass is 10.1. The first-order valence-corrected chi connectivity index (χ1v) is 13.3. The van der Waals surface area contributed by atoms with E-state index in [0.29, 0.717) is 34.6 Å². The van der Waals surface area contributed by atoms with Crippen molar-refractivity contribution in [3.05, 3.63) is 64.0 Å². The highest BCUT2D eigenvalue weighted by atomic mass is 32.2. The summed E-state index contributed by atoms with van der Waals surface area (Å²) in [7, 11) is -2.50. The van der Waals surface area contributed by atoms with Gasteiger partial charge in [0.25, 0.3) is 15.7 Å². The van der Waals surface area contributed by atoms with E-state index in [1.54, 1.807) is 41.7 Å². The number of fused-ring (bicyclic) bond motifs is 1. The number of non-ortho nitro benzene ring substituents is 1.